The number of rotatable bonds is 4. The molecule has 29 heavy (non-hydrogen) atoms. The standard InChI is InChI=1S/C22H25FN4O2/c1-15(28)26-11-9-20-18(14-26)12-24-22(25-20)17-8-10-27(13-17)21(29)7-6-16-4-2-3-5-19(16)23/h2-5,12,17H,6-11,13-14H2,1H3/t17-/m0/s1. The van der Waals surface area contributed by atoms with Gasteiger partial charge < -0.3 is 9.80 Å². The van der Waals surface area contributed by atoms with E-state index in [2.05, 4.69) is 4.98 Å². The van der Waals surface area contributed by atoms with Crippen LogP contribution in [0.1, 0.15) is 48.3 Å². The summed E-state index contributed by atoms with van der Waals surface area (Å²) in [5.74, 6) is 0.768. The van der Waals surface area contributed by atoms with Gasteiger partial charge in [-0.1, -0.05) is 18.2 Å². The van der Waals surface area contributed by atoms with E-state index in [-0.39, 0.29) is 23.5 Å². The Labute approximate surface area is 169 Å². The van der Waals surface area contributed by atoms with Gasteiger partial charge in [0, 0.05) is 63.6 Å². The van der Waals surface area contributed by atoms with Crippen molar-refractivity contribution in [2.45, 2.75) is 45.1 Å². The zero-order chi connectivity index (χ0) is 20.4. The highest BCUT2D eigenvalue weighted by Crippen LogP contribution is 2.27. The molecule has 3 heterocycles. The van der Waals surface area contributed by atoms with E-state index in [1.807, 2.05) is 11.1 Å². The number of aryl methyl sites for hydroxylation is 1. The Bertz CT molecular complexity index is 933. The molecule has 0 unspecified atom stereocenters. The van der Waals surface area contributed by atoms with Crippen LogP contribution in [0.4, 0.5) is 4.39 Å². The lowest BCUT2D eigenvalue weighted by atomic mass is 10.0. The molecule has 0 saturated carbocycles. The second kappa shape index (κ2) is 8.27. The predicted octanol–water partition coefficient (Wildman–Crippen LogP) is 2.47. The molecule has 7 heteroatoms. The van der Waals surface area contributed by atoms with Crippen molar-refractivity contribution in [3.8, 4) is 0 Å². The number of hydrogen-bond donors (Lipinski definition) is 0. The van der Waals surface area contributed by atoms with Gasteiger partial charge >= 0.3 is 0 Å². The molecular formula is C22H25FN4O2. The molecule has 1 saturated heterocycles. The minimum absolute atomic E-state index is 0.0470. The van der Waals surface area contributed by atoms with Crippen molar-refractivity contribution < 1.29 is 14.0 Å². The van der Waals surface area contributed by atoms with Crippen LogP contribution < -0.4 is 0 Å². The molecule has 1 aromatic heterocycles. The summed E-state index contributed by atoms with van der Waals surface area (Å²) in [5, 5.41) is 0. The molecule has 2 amide bonds. The molecule has 2 aliphatic heterocycles. The van der Waals surface area contributed by atoms with Crippen LogP contribution in [-0.2, 0) is 29.0 Å². The van der Waals surface area contributed by atoms with Crippen molar-refractivity contribution in [3.05, 3.63) is 58.9 Å². The Balaban J connectivity index is 1.35. The highest BCUT2D eigenvalue weighted by atomic mass is 19.1. The number of carbonyl (C=O) groups is 2. The Morgan fingerprint density at radius 1 is 1.21 bits per heavy atom. The largest absolute Gasteiger partial charge is 0.342 e. The number of amides is 2. The van der Waals surface area contributed by atoms with E-state index in [0.717, 1.165) is 29.9 Å². The van der Waals surface area contributed by atoms with Gasteiger partial charge in [0.25, 0.3) is 0 Å². The fourth-order valence-corrected chi connectivity index (χ4v) is 4.10. The van der Waals surface area contributed by atoms with E-state index in [4.69, 9.17) is 4.98 Å². The first-order valence-electron chi connectivity index (χ1n) is 10.1. The summed E-state index contributed by atoms with van der Waals surface area (Å²) in [6.45, 7) is 4.12. The van der Waals surface area contributed by atoms with E-state index in [1.165, 1.54) is 6.07 Å². The van der Waals surface area contributed by atoms with Gasteiger partial charge in [0.1, 0.15) is 11.6 Å². The molecule has 152 valence electrons. The average molecular weight is 396 g/mol. The highest BCUT2D eigenvalue weighted by molar-refractivity contribution is 5.77. The van der Waals surface area contributed by atoms with Crippen LogP contribution in [0.2, 0.25) is 0 Å². The smallest absolute Gasteiger partial charge is 0.222 e. The molecule has 1 aromatic carbocycles. The lowest BCUT2D eigenvalue weighted by Crippen LogP contribution is -2.35. The van der Waals surface area contributed by atoms with Gasteiger partial charge in [0.05, 0.1) is 5.69 Å². The summed E-state index contributed by atoms with van der Waals surface area (Å²) in [5.41, 5.74) is 2.59. The molecule has 2 aromatic rings. The first-order chi connectivity index (χ1) is 14.0. The van der Waals surface area contributed by atoms with E-state index >= 15 is 0 Å². The minimum Gasteiger partial charge on any atom is -0.342 e. The van der Waals surface area contributed by atoms with Crippen LogP contribution in [0, 0.1) is 5.82 Å². The fourth-order valence-electron chi connectivity index (χ4n) is 4.10. The second-order valence-corrected chi connectivity index (χ2v) is 7.81. The molecule has 2 aliphatic rings. The number of aromatic nitrogens is 2. The van der Waals surface area contributed by atoms with Gasteiger partial charge in [-0.3, -0.25) is 9.59 Å². The van der Waals surface area contributed by atoms with Crippen molar-refractivity contribution in [1.29, 1.82) is 0 Å². The number of benzene rings is 1. The third kappa shape index (κ3) is 4.28. The monoisotopic (exact) mass is 396 g/mol. The lowest BCUT2D eigenvalue weighted by Gasteiger charge is -2.27. The van der Waals surface area contributed by atoms with E-state index < -0.39 is 0 Å². The number of carbonyl (C=O) groups excluding carboxylic acids is 2. The fraction of sp³-hybridized carbons (Fsp3) is 0.455. The van der Waals surface area contributed by atoms with Crippen LogP contribution in [0.3, 0.4) is 0 Å². The van der Waals surface area contributed by atoms with Gasteiger partial charge in [-0.25, -0.2) is 14.4 Å². The number of fused-ring (bicyclic) bond motifs is 1. The van der Waals surface area contributed by atoms with Crippen molar-refractivity contribution in [3.63, 3.8) is 0 Å². The van der Waals surface area contributed by atoms with Crippen LogP contribution in [-0.4, -0.2) is 51.2 Å². The lowest BCUT2D eigenvalue weighted by molar-refractivity contribution is -0.130. The molecule has 6 nitrogen and oxygen atoms in total. The van der Waals surface area contributed by atoms with Crippen molar-refractivity contribution in [2.75, 3.05) is 19.6 Å². The SMILES string of the molecule is CC(=O)N1CCc2nc([C@H]3CCN(C(=O)CCc4ccccc4F)C3)ncc2C1. The maximum absolute atomic E-state index is 13.7. The van der Waals surface area contributed by atoms with Crippen LogP contribution in [0.15, 0.2) is 30.5 Å². The average Bonchev–Trinajstić information content (AvgIpc) is 3.22. The first kappa shape index (κ1) is 19.5. The Morgan fingerprint density at radius 3 is 2.83 bits per heavy atom. The third-order valence-corrected chi connectivity index (χ3v) is 5.87. The number of halogens is 1. The van der Waals surface area contributed by atoms with E-state index in [1.54, 1.807) is 30.0 Å². The highest BCUT2D eigenvalue weighted by Gasteiger charge is 2.30. The van der Waals surface area contributed by atoms with Gasteiger partial charge in [-0.05, 0) is 24.5 Å². The maximum atomic E-state index is 13.7. The van der Waals surface area contributed by atoms with Crippen LogP contribution in [0.25, 0.3) is 0 Å². The zero-order valence-electron chi connectivity index (χ0n) is 16.6. The second-order valence-electron chi connectivity index (χ2n) is 7.81. The maximum Gasteiger partial charge on any atom is 0.222 e. The van der Waals surface area contributed by atoms with Gasteiger partial charge in [-0.2, -0.15) is 0 Å². The van der Waals surface area contributed by atoms with Gasteiger partial charge in [-0.15, -0.1) is 0 Å². The summed E-state index contributed by atoms with van der Waals surface area (Å²) in [7, 11) is 0. The van der Waals surface area contributed by atoms with Crippen LogP contribution >= 0.6 is 0 Å². The van der Waals surface area contributed by atoms with Gasteiger partial charge in [0.2, 0.25) is 11.8 Å². The Hall–Kier alpha value is -2.83. The topological polar surface area (TPSA) is 66.4 Å². The summed E-state index contributed by atoms with van der Waals surface area (Å²) in [6.07, 6.45) is 4.12. The predicted molar refractivity (Wildman–Crippen MR) is 105 cm³/mol. The summed E-state index contributed by atoms with van der Waals surface area (Å²) < 4.78 is 13.7. The Kier molecular flexibility index (Phi) is 5.56. The normalized spacial score (nSPS) is 18.6. The number of likely N-dealkylation sites (tertiary alicyclic amines) is 1. The molecular weight excluding hydrogens is 371 g/mol. The first-order valence-corrected chi connectivity index (χ1v) is 10.1. The molecule has 1 atom stereocenters. The molecule has 0 radical (unpaired) electrons. The van der Waals surface area contributed by atoms with E-state index in [0.29, 0.717) is 44.6 Å². The van der Waals surface area contributed by atoms with E-state index in [9.17, 15) is 14.0 Å². The molecule has 0 bridgehead atoms. The van der Waals surface area contributed by atoms with Crippen molar-refractivity contribution in [1.82, 2.24) is 19.8 Å². The zero-order valence-corrected chi connectivity index (χ0v) is 16.6. The Morgan fingerprint density at radius 2 is 2.03 bits per heavy atom. The third-order valence-electron chi connectivity index (χ3n) is 5.87. The number of nitrogens with zero attached hydrogens (tertiary/aromatic N) is 4. The minimum atomic E-state index is -0.259. The molecule has 0 aliphatic carbocycles. The molecule has 1 fully saturated rings. The summed E-state index contributed by atoms with van der Waals surface area (Å²) in [6, 6.07) is 6.60. The molecule has 0 N–H and O–H groups in total. The summed E-state index contributed by atoms with van der Waals surface area (Å²) >= 11 is 0. The van der Waals surface area contributed by atoms with Gasteiger partial charge in [0.15, 0.2) is 0 Å². The van der Waals surface area contributed by atoms with Crippen molar-refractivity contribution in [2.24, 2.45) is 0 Å². The van der Waals surface area contributed by atoms with Crippen molar-refractivity contribution >= 4 is 11.8 Å². The number of hydrogen-bond acceptors (Lipinski definition) is 4. The molecule has 4 rings (SSSR count). The van der Waals surface area contributed by atoms with Crippen LogP contribution in [0.5, 0.6) is 0 Å². The molecule has 0 spiro atoms. The quantitative estimate of drug-likeness (QED) is 0.796. The summed E-state index contributed by atoms with van der Waals surface area (Å²) in [4.78, 5) is 37.1.